The highest BCUT2D eigenvalue weighted by Gasteiger charge is 2.12. The van der Waals surface area contributed by atoms with Crippen molar-refractivity contribution in [2.24, 2.45) is 11.5 Å². The van der Waals surface area contributed by atoms with E-state index in [-0.39, 0.29) is 6.04 Å². The van der Waals surface area contributed by atoms with Gasteiger partial charge in [0.2, 0.25) is 5.91 Å². The first-order chi connectivity index (χ1) is 9.35. The van der Waals surface area contributed by atoms with Crippen LogP contribution in [0.5, 0.6) is 0 Å². The van der Waals surface area contributed by atoms with Crippen molar-refractivity contribution in [1.82, 2.24) is 5.32 Å². The Hall–Kier alpha value is -2.08. The minimum atomic E-state index is -0.502. The molecular formula is C14H21N3O3. The number of nitrogens with two attached hydrogens (primary N) is 2. The normalized spacial score (nSPS) is 11.8. The third-order valence-corrected chi connectivity index (χ3v) is 3.14. The van der Waals surface area contributed by atoms with Crippen LogP contribution in [-0.4, -0.2) is 31.7 Å². The lowest BCUT2D eigenvalue weighted by atomic mass is 9.94. The molecule has 2 amide bonds. The lowest BCUT2D eigenvalue weighted by molar-refractivity contribution is 0.1000. The van der Waals surface area contributed by atoms with Crippen molar-refractivity contribution >= 4 is 12.0 Å². The molecule has 0 aromatic heterocycles. The van der Waals surface area contributed by atoms with E-state index in [0.29, 0.717) is 18.5 Å². The molecule has 0 aliphatic carbocycles. The van der Waals surface area contributed by atoms with Gasteiger partial charge >= 0.3 is 6.09 Å². The summed E-state index contributed by atoms with van der Waals surface area (Å²) in [6.07, 6.45) is 0.0960. The van der Waals surface area contributed by atoms with Crippen LogP contribution in [-0.2, 0) is 11.2 Å². The molecule has 0 saturated heterocycles. The van der Waals surface area contributed by atoms with Crippen LogP contribution in [0.1, 0.15) is 27.0 Å². The highest BCUT2D eigenvalue weighted by molar-refractivity contribution is 5.93. The van der Waals surface area contributed by atoms with E-state index in [1.165, 1.54) is 7.11 Å². The van der Waals surface area contributed by atoms with E-state index >= 15 is 0 Å². The van der Waals surface area contributed by atoms with E-state index < -0.39 is 12.0 Å². The molecule has 0 aliphatic heterocycles. The maximum Gasteiger partial charge on any atom is 0.406 e. The molecular weight excluding hydrogens is 258 g/mol. The monoisotopic (exact) mass is 279 g/mol. The van der Waals surface area contributed by atoms with E-state index in [0.717, 1.165) is 16.7 Å². The van der Waals surface area contributed by atoms with E-state index in [9.17, 15) is 9.59 Å². The largest absolute Gasteiger partial charge is 0.453 e. The van der Waals surface area contributed by atoms with Crippen molar-refractivity contribution in [3.05, 3.63) is 34.4 Å². The number of methoxy groups -OCH3 is 1. The number of aryl methyl sites for hydroxylation is 2. The van der Waals surface area contributed by atoms with Gasteiger partial charge in [-0.1, -0.05) is 0 Å². The van der Waals surface area contributed by atoms with Gasteiger partial charge in [0.15, 0.2) is 0 Å². The Morgan fingerprint density at radius 3 is 2.30 bits per heavy atom. The molecule has 110 valence electrons. The average Bonchev–Trinajstić information content (AvgIpc) is 2.39. The number of benzene rings is 1. The topological polar surface area (TPSA) is 107 Å². The number of nitrogens with one attached hydrogen (secondary N) is 1. The molecule has 0 saturated carbocycles. The molecule has 5 N–H and O–H groups in total. The minimum absolute atomic E-state index is 0.231. The first-order valence-electron chi connectivity index (χ1n) is 6.32. The van der Waals surface area contributed by atoms with Crippen molar-refractivity contribution in [2.75, 3.05) is 13.7 Å². The molecule has 20 heavy (non-hydrogen) atoms. The predicted octanol–water partition coefficient (Wildman–Crippen LogP) is 0.628. The van der Waals surface area contributed by atoms with Crippen LogP contribution in [0.2, 0.25) is 0 Å². The van der Waals surface area contributed by atoms with Crippen LogP contribution >= 0.6 is 0 Å². The zero-order valence-corrected chi connectivity index (χ0v) is 12.0. The second-order valence-corrected chi connectivity index (χ2v) is 4.79. The Bertz CT molecular complexity index is 491. The van der Waals surface area contributed by atoms with Crippen LogP contribution in [0.3, 0.4) is 0 Å². The molecule has 1 aromatic carbocycles. The summed E-state index contributed by atoms with van der Waals surface area (Å²) in [4.78, 5) is 22.2. The van der Waals surface area contributed by atoms with Crippen molar-refractivity contribution in [3.8, 4) is 0 Å². The zero-order valence-electron chi connectivity index (χ0n) is 12.0. The summed E-state index contributed by atoms with van der Waals surface area (Å²) in [6, 6.07) is 3.28. The molecule has 6 heteroatoms. The third kappa shape index (κ3) is 4.24. The predicted molar refractivity (Wildman–Crippen MR) is 76.5 cm³/mol. The Morgan fingerprint density at radius 2 is 1.85 bits per heavy atom. The van der Waals surface area contributed by atoms with Crippen molar-refractivity contribution < 1.29 is 14.3 Å². The van der Waals surface area contributed by atoms with Crippen molar-refractivity contribution in [2.45, 2.75) is 26.3 Å². The Kier molecular flexibility index (Phi) is 5.52. The third-order valence-electron chi connectivity index (χ3n) is 3.14. The number of alkyl carbamates (subject to hydrolysis) is 1. The summed E-state index contributed by atoms with van der Waals surface area (Å²) in [5.41, 5.74) is 14.7. The van der Waals surface area contributed by atoms with Gasteiger partial charge in [-0.2, -0.15) is 0 Å². The van der Waals surface area contributed by atoms with E-state index in [4.69, 9.17) is 11.5 Å². The molecule has 0 radical (unpaired) electrons. The number of amides is 2. The summed E-state index contributed by atoms with van der Waals surface area (Å²) in [7, 11) is 1.30. The fraction of sp³-hybridized carbons (Fsp3) is 0.429. The summed E-state index contributed by atoms with van der Waals surface area (Å²) >= 11 is 0. The SMILES string of the molecule is COC(=O)NCC(N)Cc1c(C)cc(C(N)=O)cc1C. The number of carbonyl (C=O) groups excluding carboxylic acids is 2. The first-order valence-corrected chi connectivity index (χ1v) is 6.32. The van der Waals surface area contributed by atoms with Gasteiger partial charge in [-0.15, -0.1) is 0 Å². The van der Waals surface area contributed by atoms with Gasteiger partial charge in [0.1, 0.15) is 0 Å². The zero-order chi connectivity index (χ0) is 15.3. The smallest absolute Gasteiger partial charge is 0.406 e. The summed E-state index contributed by atoms with van der Waals surface area (Å²) < 4.78 is 4.48. The molecule has 0 aliphatic rings. The molecule has 1 unspecified atom stereocenters. The fourth-order valence-electron chi connectivity index (χ4n) is 2.08. The van der Waals surface area contributed by atoms with Crippen LogP contribution < -0.4 is 16.8 Å². The highest BCUT2D eigenvalue weighted by Crippen LogP contribution is 2.18. The van der Waals surface area contributed by atoms with Crippen molar-refractivity contribution in [1.29, 1.82) is 0 Å². The maximum atomic E-state index is 11.2. The highest BCUT2D eigenvalue weighted by atomic mass is 16.5. The Labute approximate surface area is 118 Å². The van der Waals surface area contributed by atoms with Crippen molar-refractivity contribution in [3.63, 3.8) is 0 Å². The van der Waals surface area contributed by atoms with Gasteiger partial charge < -0.3 is 21.5 Å². The van der Waals surface area contributed by atoms with Gasteiger partial charge in [0.05, 0.1) is 7.11 Å². The molecule has 0 fully saturated rings. The molecule has 6 nitrogen and oxygen atoms in total. The van der Waals surface area contributed by atoms with E-state index in [1.54, 1.807) is 12.1 Å². The number of hydrogen-bond acceptors (Lipinski definition) is 4. The van der Waals surface area contributed by atoms with Crippen LogP contribution in [0, 0.1) is 13.8 Å². The fourth-order valence-corrected chi connectivity index (χ4v) is 2.08. The van der Waals surface area contributed by atoms with Crippen LogP contribution in [0.25, 0.3) is 0 Å². The second kappa shape index (κ2) is 6.91. The maximum absolute atomic E-state index is 11.2. The van der Waals surface area contributed by atoms with Gasteiger partial charge in [0.25, 0.3) is 0 Å². The summed E-state index contributed by atoms with van der Waals surface area (Å²) in [5, 5.41) is 2.56. The molecule has 0 spiro atoms. The number of ether oxygens (including phenoxy) is 1. The van der Waals surface area contributed by atoms with Gasteiger partial charge in [-0.3, -0.25) is 4.79 Å². The lowest BCUT2D eigenvalue weighted by Gasteiger charge is -2.16. The lowest BCUT2D eigenvalue weighted by Crippen LogP contribution is -2.38. The average molecular weight is 279 g/mol. The van der Waals surface area contributed by atoms with E-state index in [2.05, 4.69) is 10.1 Å². The van der Waals surface area contributed by atoms with Gasteiger partial charge in [-0.25, -0.2) is 4.79 Å². The first kappa shape index (κ1) is 16.0. The Balaban J connectivity index is 2.77. The minimum Gasteiger partial charge on any atom is -0.453 e. The standard InChI is InChI=1S/C14H21N3O3/c1-8-4-10(13(16)18)5-9(2)12(8)6-11(15)7-17-14(19)20-3/h4-5,11H,6-7,15H2,1-3H3,(H2,16,18)(H,17,19). The summed E-state index contributed by atoms with van der Waals surface area (Å²) in [5.74, 6) is -0.445. The molecule has 0 heterocycles. The quantitative estimate of drug-likeness (QED) is 0.734. The summed E-state index contributed by atoms with van der Waals surface area (Å²) in [6.45, 7) is 4.15. The van der Waals surface area contributed by atoms with Crippen LogP contribution in [0.4, 0.5) is 4.79 Å². The number of carbonyl (C=O) groups is 2. The number of hydrogen-bond donors (Lipinski definition) is 3. The number of primary amides is 1. The molecule has 1 aromatic rings. The molecule has 1 atom stereocenters. The second-order valence-electron chi connectivity index (χ2n) is 4.79. The molecule has 1 rings (SSSR count). The Morgan fingerprint density at radius 1 is 1.30 bits per heavy atom. The number of rotatable bonds is 5. The van der Waals surface area contributed by atoms with E-state index in [1.807, 2.05) is 13.8 Å². The van der Waals surface area contributed by atoms with Crippen LogP contribution in [0.15, 0.2) is 12.1 Å². The molecule has 0 bridgehead atoms. The van der Waals surface area contributed by atoms with Gasteiger partial charge in [-0.05, 0) is 49.1 Å². The van der Waals surface area contributed by atoms with Gasteiger partial charge in [0, 0.05) is 18.2 Å².